The third-order valence-corrected chi connectivity index (χ3v) is 3.35. The number of para-hydroxylation sites is 2. The van der Waals surface area contributed by atoms with Crippen LogP contribution in [0.15, 0.2) is 24.3 Å². The van der Waals surface area contributed by atoms with Gasteiger partial charge in [0.15, 0.2) is 0 Å². The smallest absolute Gasteiger partial charge is 0.227 e. The van der Waals surface area contributed by atoms with E-state index in [-0.39, 0.29) is 11.9 Å². The highest BCUT2D eigenvalue weighted by atomic mass is 16.2. The Kier molecular flexibility index (Phi) is 3.67. The molecule has 1 atom stereocenters. The van der Waals surface area contributed by atoms with Gasteiger partial charge in [-0.05, 0) is 31.9 Å². The van der Waals surface area contributed by atoms with Crippen LogP contribution in [0.1, 0.15) is 33.1 Å². The topological polar surface area (TPSA) is 32.3 Å². The Hall–Kier alpha value is -1.51. The summed E-state index contributed by atoms with van der Waals surface area (Å²) in [5.74, 6) is 0.244. The van der Waals surface area contributed by atoms with E-state index in [4.69, 9.17) is 0 Å². The molecule has 1 aromatic rings. The molecule has 0 bridgehead atoms. The second-order valence-corrected chi connectivity index (χ2v) is 4.57. The van der Waals surface area contributed by atoms with E-state index in [0.29, 0.717) is 6.42 Å². The van der Waals surface area contributed by atoms with Crippen LogP contribution in [0.5, 0.6) is 0 Å². The van der Waals surface area contributed by atoms with E-state index in [9.17, 15) is 4.79 Å². The van der Waals surface area contributed by atoms with Crippen LogP contribution in [0, 0.1) is 0 Å². The fraction of sp³-hybridized carbons (Fsp3) is 0.500. The van der Waals surface area contributed by atoms with Gasteiger partial charge in [-0.25, -0.2) is 0 Å². The largest absolute Gasteiger partial charge is 0.383 e. The van der Waals surface area contributed by atoms with Crippen LogP contribution in [0.3, 0.4) is 0 Å². The Morgan fingerprint density at radius 1 is 1.41 bits per heavy atom. The Morgan fingerprint density at radius 2 is 2.18 bits per heavy atom. The van der Waals surface area contributed by atoms with Crippen LogP contribution in [0.25, 0.3) is 0 Å². The summed E-state index contributed by atoms with van der Waals surface area (Å²) in [5, 5.41) is 3.40. The van der Waals surface area contributed by atoms with Gasteiger partial charge in [-0.2, -0.15) is 0 Å². The highest BCUT2D eigenvalue weighted by Gasteiger charge is 2.24. The number of carbonyl (C=O) groups is 1. The minimum absolute atomic E-state index is 0.244. The van der Waals surface area contributed by atoms with Crippen molar-refractivity contribution in [3.8, 4) is 0 Å². The summed E-state index contributed by atoms with van der Waals surface area (Å²) in [6.07, 6.45) is 2.51. The van der Waals surface area contributed by atoms with Gasteiger partial charge >= 0.3 is 0 Å². The van der Waals surface area contributed by atoms with E-state index in [2.05, 4.69) is 19.2 Å². The molecule has 1 unspecified atom stereocenters. The molecular formula is C14H20N2O. The quantitative estimate of drug-likeness (QED) is 0.850. The van der Waals surface area contributed by atoms with E-state index in [0.717, 1.165) is 30.8 Å². The van der Waals surface area contributed by atoms with E-state index < -0.39 is 0 Å². The van der Waals surface area contributed by atoms with Crippen LogP contribution in [0.4, 0.5) is 11.4 Å². The maximum Gasteiger partial charge on any atom is 0.227 e. The lowest BCUT2D eigenvalue weighted by Crippen LogP contribution is -2.40. The van der Waals surface area contributed by atoms with Crippen molar-refractivity contribution in [2.75, 3.05) is 16.8 Å². The van der Waals surface area contributed by atoms with Crippen molar-refractivity contribution < 1.29 is 4.79 Å². The Labute approximate surface area is 103 Å². The second kappa shape index (κ2) is 5.21. The Balaban J connectivity index is 2.42. The molecule has 1 aliphatic rings. The number of benzene rings is 1. The molecule has 0 spiro atoms. The van der Waals surface area contributed by atoms with E-state index in [1.165, 1.54) is 0 Å². The first-order chi connectivity index (χ1) is 8.24. The summed E-state index contributed by atoms with van der Waals surface area (Å²) >= 11 is 0. The van der Waals surface area contributed by atoms with Gasteiger partial charge in [0, 0.05) is 19.0 Å². The van der Waals surface area contributed by atoms with Crippen LogP contribution in [-0.2, 0) is 4.79 Å². The minimum atomic E-state index is 0.244. The zero-order valence-corrected chi connectivity index (χ0v) is 10.6. The van der Waals surface area contributed by atoms with Gasteiger partial charge in [-0.1, -0.05) is 19.1 Å². The molecule has 17 heavy (non-hydrogen) atoms. The van der Waals surface area contributed by atoms with Gasteiger partial charge < -0.3 is 10.2 Å². The number of anilines is 2. The summed E-state index contributed by atoms with van der Waals surface area (Å²) in [6, 6.07) is 8.32. The number of carbonyl (C=O) groups excluding carboxylic acids is 1. The van der Waals surface area contributed by atoms with Gasteiger partial charge in [0.25, 0.3) is 0 Å². The molecule has 1 heterocycles. The van der Waals surface area contributed by atoms with Crippen molar-refractivity contribution in [2.24, 2.45) is 0 Å². The average Bonchev–Trinajstić information content (AvgIpc) is 2.34. The van der Waals surface area contributed by atoms with Gasteiger partial charge in [-0.15, -0.1) is 0 Å². The van der Waals surface area contributed by atoms with Gasteiger partial charge in [0.05, 0.1) is 11.4 Å². The third-order valence-electron chi connectivity index (χ3n) is 3.35. The number of nitrogens with zero attached hydrogens (tertiary/aromatic N) is 1. The summed E-state index contributed by atoms with van der Waals surface area (Å²) in [7, 11) is 0. The van der Waals surface area contributed by atoms with Crippen LogP contribution in [0.2, 0.25) is 0 Å². The molecule has 1 aromatic carbocycles. The number of fused-ring (bicyclic) bond motifs is 1. The number of nitrogens with one attached hydrogen (secondary N) is 1. The lowest BCUT2D eigenvalue weighted by atomic mass is 10.1. The predicted molar refractivity (Wildman–Crippen MR) is 71.4 cm³/mol. The van der Waals surface area contributed by atoms with Crippen molar-refractivity contribution in [1.82, 2.24) is 0 Å². The highest BCUT2D eigenvalue weighted by Crippen LogP contribution is 2.30. The number of hydrogen-bond acceptors (Lipinski definition) is 2. The summed E-state index contributed by atoms with van der Waals surface area (Å²) < 4.78 is 0. The molecule has 1 amide bonds. The summed E-state index contributed by atoms with van der Waals surface area (Å²) in [4.78, 5) is 14.2. The summed E-state index contributed by atoms with van der Waals surface area (Å²) in [5.41, 5.74) is 2.09. The molecule has 0 saturated heterocycles. The number of rotatable bonds is 2. The molecule has 3 nitrogen and oxygen atoms in total. The molecule has 2 rings (SSSR count). The zero-order valence-electron chi connectivity index (χ0n) is 10.6. The SMILES string of the molecule is CCC(C)N1C(=O)CCCNc2ccccc21. The number of amides is 1. The Morgan fingerprint density at radius 3 is 2.94 bits per heavy atom. The number of hydrogen-bond donors (Lipinski definition) is 1. The van der Waals surface area contributed by atoms with Crippen LogP contribution >= 0.6 is 0 Å². The normalized spacial score (nSPS) is 17.8. The first-order valence-corrected chi connectivity index (χ1v) is 6.39. The molecule has 0 saturated carbocycles. The molecule has 0 aromatic heterocycles. The standard InChI is InChI=1S/C14H20N2O/c1-3-11(2)16-13-8-5-4-7-12(13)15-10-6-9-14(16)17/h4-5,7-8,11,15H,3,6,9-10H2,1-2H3. The van der Waals surface area contributed by atoms with Crippen molar-refractivity contribution in [3.05, 3.63) is 24.3 Å². The second-order valence-electron chi connectivity index (χ2n) is 4.57. The van der Waals surface area contributed by atoms with Crippen molar-refractivity contribution in [2.45, 2.75) is 39.2 Å². The van der Waals surface area contributed by atoms with E-state index in [1.54, 1.807) is 0 Å². The maximum absolute atomic E-state index is 12.2. The molecule has 0 aliphatic carbocycles. The van der Waals surface area contributed by atoms with Crippen LogP contribution in [-0.4, -0.2) is 18.5 Å². The first kappa shape index (κ1) is 12.0. The molecule has 0 radical (unpaired) electrons. The first-order valence-electron chi connectivity index (χ1n) is 6.39. The molecule has 92 valence electrons. The molecular weight excluding hydrogens is 212 g/mol. The third kappa shape index (κ3) is 2.43. The maximum atomic E-state index is 12.2. The molecule has 3 heteroatoms. The van der Waals surface area contributed by atoms with E-state index in [1.807, 2.05) is 29.2 Å². The van der Waals surface area contributed by atoms with Gasteiger partial charge in [-0.3, -0.25) is 4.79 Å². The fourth-order valence-corrected chi connectivity index (χ4v) is 2.22. The van der Waals surface area contributed by atoms with Crippen molar-refractivity contribution in [1.29, 1.82) is 0 Å². The highest BCUT2D eigenvalue weighted by molar-refractivity contribution is 5.97. The lowest BCUT2D eigenvalue weighted by molar-refractivity contribution is -0.119. The van der Waals surface area contributed by atoms with Crippen molar-refractivity contribution in [3.63, 3.8) is 0 Å². The summed E-state index contributed by atoms with van der Waals surface area (Å²) in [6.45, 7) is 5.10. The van der Waals surface area contributed by atoms with Crippen LogP contribution < -0.4 is 10.2 Å². The molecule has 0 fully saturated rings. The molecule has 1 aliphatic heterocycles. The molecule has 1 N–H and O–H groups in total. The Bertz CT molecular complexity index is 403. The zero-order chi connectivity index (χ0) is 12.3. The predicted octanol–water partition coefficient (Wildman–Crippen LogP) is 3.02. The fourth-order valence-electron chi connectivity index (χ4n) is 2.22. The average molecular weight is 232 g/mol. The van der Waals surface area contributed by atoms with Gasteiger partial charge in [0.1, 0.15) is 0 Å². The van der Waals surface area contributed by atoms with Gasteiger partial charge in [0.2, 0.25) is 5.91 Å². The monoisotopic (exact) mass is 232 g/mol. The lowest BCUT2D eigenvalue weighted by Gasteiger charge is -2.32. The van der Waals surface area contributed by atoms with E-state index >= 15 is 0 Å². The minimum Gasteiger partial charge on any atom is -0.383 e. The van der Waals surface area contributed by atoms with Crippen molar-refractivity contribution >= 4 is 17.3 Å².